The predicted molar refractivity (Wildman–Crippen MR) is 104 cm³/mol. The maximum atomic E-state index is 12.8. The molecule has 164 valence electrons. The van der Waals surface area contributed by atoms with Crippen molar-refractivity contribution in [1.82, 2.24) is 25.1 Å². The molecule has 3 heterocycles. The first-order chi connectivity index (χ1) is 15.4. The van der Waals surface area contributed by atoms with Crippen molar-refractivity contribution >= 4 is 0 Å². The van der Waals surface area contributed by atoms with Gasteiger partial charge in [-0.05, 0) is 29.8 Å². The van der Waals surface area contributed by atoms with Crippen LogP contribution in [0.25, 0.3) is 23.0 Å². The zero-order valence-corrected chi connectivity index (χ0v) is 16.7. The molecule has 5 rings (SSSR count). The molecule has 11 heteroatoms. The predicted octanol–water partition coefficient (Wildman–Crippen LogP) is 4.29. The maximum Gasteiger partial charge on any atom is 0.416 e. The highest BCUT2D eigenvalue weighted by Gasteiger charge is 2.31. The van der Waals surface area contributed by atoms with E-state index in [0.717, 1.165) is 23.4 Å². The summed E-state index contributed by atoms with van der Waals surface area (Å²) in [6.45, 7) is 0.664. The minimum atomic E-state index is -4.41. The summed E-state index contributed by atoms with van der Waals surface area (Å²) >= 11 is 0. The largest absolute Gasteiger partial charge is 0.497 e. The van der Waals surface area contributed by atoms with Gasteiger partial charge in [0.05, 0.1) is 31.5 Å². The highest BCUT2D eigenvalue weighted by atomic mass is 19.4. The summed E-state index contributed by atoms with van der Waals surface area (Å²) < 4.78 is 56.6. The zero-order valence-electron chi connectivity index (χ0n) is 16.7. The molecular weight excluding hydrogens is 427 g/mol. The Hall–Kier alpha value is -3.73. The summed E-state index contributed by atoms with van der Waals surface area (Å²) in [7, 11) is 1.60. The van der Waals surface area contributed by atoms with Crippen LogP contribution in [-0.2, 0) is 24.1 Å². The van der Waals surface area contributed by atoms with Gasteiger partial charge >= 0.3 is 6.18 Å². The van der Waals surface area contributed by atoms with Crippen LogP contribution < -0.4 is 4.74 Å². The lowest BCUT2D eigenvalue weighted by Gasteiger charge is -2.24. The Balaban J connectivity index is 1.37. The van der Waals surface area contributed by atoms with Gasteiger partial charge in [0, 0.05) is 5.56 Å². The average Bonchev–Trinajstić information content (AvgIpc) is 3.45. The minimum absolute atomic E-state index is 0.115. The molecule has 2 aromatic carbocycles. The number of benzene rings is 2. The first-order valence-corrected chi connectivity index (χ1v) is 9.62. The molecule has 0 spiro atoms. The van der Waals surface area contributed by atoms with Gasteiger partial charge in [-0.15, -0.1) is 5.10 Å². The lowest BCUT2D eigenvalue weighted by atomic mass is 10.1. The fourth-order valence-electron chi connectivity index (χ4n) is 3.47. The van der Waals surface area contributed by atoms with E-state index in [1.165, 1.54) is 12.1 Å². The second-order valence-corrected chi connectivity index (χ2v) is 7.14. The molecule has 4 aromatic rings. The van der Waals surface area contributed by atoms with Gasteiger partial charge in [0.15, 0.2) is 5.69 Å². The number of hydrogen-bond acceptors (Lipinski definition) is 7. The summed E-state index contributed by atoms with van der Waals surface area (Å²) in [5, 5.41) is 12.2. The van der Waals surface area contributed by atoms with Gasteiger partial charge in [0.2, 0.25) is 5.82 Å². The monoisotopic (exact) mass is 443 g/mol. The van der Waals surface area contributed by atoms with E-state index in [9.17, 15) is 13.2 Å². The number of nitrogens with zero attached hydrogens (tertiary/aromatic N) is 5. The molecule has 0 saturated carbocycles. The van der Waals surface area contributed by atoms with Crippen LogP contribution in [0.15, 0.2) is 53.1 Å². The molecule has 1 aliphatic heterocycles. The Morgan fingerprint density at radius 3 is 2.69 bits per heavy atom. The highest BCUT2D eigenvalue weighted by Crippen LogP contribution is 2.33. The molecule has 8 nitrogen and oxygen atoms in total. The summed E-state index contributed by atoms with van der Waals surface area (Å²) in [6, 6.07) is 12.1. The molecule has 0 aliphatic carbocycles. The third-order valence-electron chi connectivity index (χ3n) is 5.16. The number of fused-ring (bicyclic) bond motifs is 1. The molecule has 0 saturated heterocycles. The highest BCUT2D eigenvalue weighted by molar-refractivity contribution is 5.59. The Labute approximate surface area is 179 Å². The first-order valence-electron chi connectivity index (χ1n) is 9.62. The van der Waals surface area contributed by atoms with Crippen molar-refractivity contribution in [1.29, 1.82) is 0 Å². The summed E-state index contributed by atoms with van der Waals surface area (Å²) in [5.74, 6) is 1.00. The van der Waals surface area contributed by atoms with Crippen molar-refractivity contribution in [3.63, 3.8) is 0 Å². The van der Waals surface area contributed by atoms with Crippen LogP contribution in [0.1, 0.15) is 22.9 Å². The lowest BCUT2D eigenvalue weighted by Crippen LogP contribution is -2.22. The van der Waals surface area contributed by atoms with Crippen molar-refractivity contribution in [2.24, 2.45) is 0 Å². The van der Waals surface area contributed by atoms with E-state index >= 15 is 0 Å². The van der Waals surface area contributed by atoms with Crippen molar-refractivity contribution in [2.45, 2.75) is 25.4 Å². The Morgan fingerprint density at radius 1 is 1.12 bits per heavy atom. The van der Waals surface area contributed by atoms with Gasteiger partial charge in [0.1, 0.15) is 11.9 Å². The molecule has 0 N–H and O–H groups in total. The van der Waals surface area contributed by atoms with Crippen molar-refractivity contribution < 1.29 is 27.2 Å². The van der Waals surface area contributed by atoms with E-state index in [1.54, 1.807) is 11.8 Å². The van der Waals surface area contributed by atoms with Crippen LogP contribution >= 0.6 is 0 Å². The van der Waals surface area contributed by atoms with Crippen LogP contribution in [0.5, 0.6) is 5.75 Å². The molecule has 2 aromatic heterocycles. The van der Waals surface area contributed by atoms with Crippen molar-refractivity contribution in [3.8, 4) is 28.7 Å². The van der Waals surface area contributed by atoms with Crippen LogP contribution in [0.4, 0.5) is 13.2 Å². The van der Waals surface area contributed by atoms with E-state index in [-0.39, 0.29) is 24.4 Å². The van der Waals surface area contributed by atoms with E-state index in [4.69, 9.17) is 14.0 Å². The SMILES string of the molecule is COc1cccc([C@H]2Cn3nnc(-c4nc(-c5ccc(C(F)(F)F)cc5)no4)c3CO2)c1. The van der Waals surface area contributed by atoms with Gasteiger partial charge in [-0.25, -0.2) is 4.68 Å². The van der Waals surface area contributed by atoms with Crippen LogP contribution in [0.2, 0.25) is 0 Å². The van der Waals surface area contributed by atoms with E-state index in [2.05, 4.69) is 20.5 Å². The number of halogens is 3. The Kier molecular flexibility index (Phi) is 4.89. The number of hydrogen-bond donors (Lipinski definition) is 0. The fourth-order valence-corrected chi connectivity index (χ4v) is 3.47. The number of aromatic nitrogens is 5. The van der Waals surface area contributed by atoms with Gasteiger partial charge in [-0.3, -0.25) is 0 Å². The molecule has 1 aliphatic rings. The first kappa shape index (κ1) is 20.2. The molecule has 0 radical (unpaired) electrons. The second-order valence-electron chi connectivity index (χ2n) is 7.14. The third kappa shape index (κ3) is 3.71. The van der Waals surface area contributed by atoms with Crippen molar-refractivity contribution in [2.75, 3.05) is 7.11 Å². The normalized spacial score (nSPS) is 16.1. The molecule has 0 bridgehead atoms. The maximum absolute atomic E-state index is 12.8. The molecule has 0 unspecified atom stereocenters. The topological polar surface area (TPSA) is 88.1 Å². The lowest BCUT2D eigenvalue weighted by molar-refractivity contribution is -0.137. The van der Waals surface area contributed by atoms with Crippen LogP contribution in [0.3, 0.4) is 0 Å². The van der Waals surface area contributed by atoms with E-state index in [0.29, 0.717) is 23.5 Å². The smallest absolute Gasteiger partial charge is 0.416 e. The van der Waals surface area contributed by atoms with Crippen LogP contribution in [0, 0.1) is 0 Å². The second kappa shape index (κ2) is 7.75. The quantitative estimate of drug-likeness (QED) is 0.465. The van der Waals surface area contributed by atoms with Gasteiger partial charge in [0.25, 0.3) is 5.89 Å². The van der Waals surface area contributed by atoms with Gasteiger partial charge < -0.3 is 14.0 Å². The van der Waals surface area contributed by atoms with Crippen molar-refractivity contribution in [3.05, 3.63) is 65.4 Å². The number of rotatable bonds is 4. The third-order valence-corrected chi connectivity index (χ3v) is 5.16. The summed E-state index contributed by atoms with van der Waals surface area (Å²) in [4.78, 5) is 4.28. The molecule has 1 atom stereocenters. The summed E-state index contributed by atoms with van der Waals surface area (Å²) in [6.07, 6.45) is -4.64. The minimum Gasteiger partial charge on any atom is -0.497 e. The van der Waals surface area contributed by atoms with E-state index in [1.807, 2.05) is 24.3 Å². The Morgan fingerprint density at radius 2 is 1.94 bits per heavy atom. The standard InChI is InChI=1S/C21H16F3N5O3/c1-30-15-4-2-3-13(9-15)17-10-29-16(11-31-17)18(26-28-29)20-25-19(27-32-20)12-5-7-14(8-6-12)21(22,23)24/h2-9,17H,10-11H2,1H3/t17-/m1/s1. The van der Waals surface area contributed by atoms with Gasteiger partial charge in [-0.1, -0.05) is 34.6 Å². The molecule has 32 heavy (non-hydrogen) atoms. The number of alkyl halides is 3. The molecular formula is C21H16F3N5O3. The Bertz CT molecular complexity index is 1250. The molecule has 0 amide bonds. The van der Waals surface area contributed by atoms with E-state index < -0.39 is 11.7 Å². The average molecular weight is 443 g/mol. The zero-order chi connectivity index (χ0) is 22.3. The molecule has 0 fully saturated rings. The van der Waals surface area contributed by atoms with Gasteiger partial charge in [-0.2, -0.15) is 18.2 Å². The number of ether oxygens (including phenoxy) is 2. The summed E-state index contributed by atoms with van der Waals surface area (Å²) in [5.41, 5.74) is 1.64. The van der Waals surface area contributed by atoms with Crippen LogP contribution in [-0.4, -0.2) is 32.2 Å². The number of methoxy groups -OCH3 is 1. The fraction of sp³-hybridized carbons (Fsp3) is 0.238.